The number of carbonyl (C=O) groups excluding carboxylic acids is 1. The van der Waals surface area contributed by atoms with E-state index in [9.17, 15) is 9.18 Å². The lowest BCUT2D eigenvalue weighted by atomic mass is 10.2. The first-order chi connectivity index (χ1) is 8.74. The second-order valence-corrected chi connectivity index (χ2v) is 4.46. The summed E-state index contributed by atoms with van der Waals surface area (Å²) in [6.07, 6.45) is 2.42. The third-order valence-electron chi connectivity index (χ3n) is 3.15. The van der Waals surface area contributed by atoms with Gasteiger partial charge in [-0.1, -0.05) is 0 Å². The fourth-order valence-electron chi connectivity index (χ4n) is 2.07. The van der Waals surface area contributed by atoms with Crippen LogP contribution in [-0.4, -0.2) is 5.91 Å². The van der Waals surface area contributed by atoms with Crippen molar-refractivity contribution in [2.24, 2.45) is 5.92 Å². The molecule has 1 aromatic heterocycles. The van der Waals surface area contributed by atoms with Gasteiger partial charge in [0.1, 0.15) is 11.6 Å². The first kappa shape index (κ1) is 11.0. The van der Waals surface area contributed by atoms with Crippen molar-refractivity contribution in [1.29, 1.82) is 0 Å². The van der Waals surface area contributed by atoms with Gasteiger partial charge >= 0.3 is 0 Å². The van der Waals surface area contributed by atoms with Crippen molar-refractivity contribution in [3.05, 3.63) is 54.2 Å². The Bertz CT molecular complexity index is 548. The van der Waals surface area contributed by atoms with E-state index in [0.717, 1.165) is 12.2 Å². The molecule has 1 heterocycles. The predicted octanol–water partition coefficient (Wildman–Crippen LogP) is 3.16. The van der Waals surface area contributed by atoms with Crippen LogP contribution in [0, 0.1) is 11.7 Å². The fraction of sp³-hybridized carbons (Fsp3) is 0.214. The van der Waals surface area contributed by atoms with E-state index in [4.69, 9.17) is 4.42 Å². The number of hydrogen-bond acceptors (Lipinski definition) is 2. The number of furan rings is 1. The van der Waals surface area contributed by atoms with Gasteiger partial charge in [0.2, 0.25) is 5.91 Å². The van der Waals surface area contributed by atoms with Gasteiger partial charge in [-0.2, -0.15) is 0 Å². The van der Waals surface area contributed by atoms with Crippen molar-refractivity contribution < 1.29 is 13.6 Å². The van der Waals surface area contributed by atoms with E-state index < -0.39 is 0 Å². The molecule has 3 rings (SSSR count). The van der Waals surface area contributed by atoms with Crippen LogP contribution in [0.15, 0.2) is 47.1 Å². The fourth-order valence-corrected chi connectivity index (χ4v) is 2.07. The van der Waals surface area contributed by atoms with Crippen molar-refractivity contribution in [2.75, 3.05) is 5.32 Å². The smallest absolute Gasteiger partial charge is 0.228 e. The van der Waals surface area contributed by atoms with Crippen molar-refractivity contribution in [2.45, 2.75) is 12.3 Å². The first-order valence-corrected chi connectivity index (χ1v) is 5.84. The molecule has 3 nitrogen and oxygen atoms in total. The molecule has 0 spiro atoms. The molecule has 1 N–H and O–H groups in total. The summed E-state index contributed by atoms with van der Waals surface area (Å²) in [7, 11) is 0. The van der Waals surface area contributed by atoms with Crippen LogP contribution in [0.5, 0.6) is 0 Å². The molecule has 1 saturated carbocycles. The number of benzene rings is 1. The second kappa shape index (κ2) is 4.29. The van der Waals surface area contributed by atoms with Crippen LogP contribution in [0.2, 0.25) is 0 Å². The number of nitrogens with one attached hydrogen (secondary N) is 1. The van der Waals surface area contributed by atoms with Crippen molar-refractivity contribution in [3.63, 3.8) is 0 Å². The summed E-state index contributed by atoms with van der Waals surface area (Å²) in [5.41, 5.74) is 0.617. The normalized spacial score (nSPS) is 21.6. The zero-order valence-electron chi connectivity index (χ0n) is 9.60. The van der Waals surface area contributed by atoms with Gasteiger partial charge < -0.3 is 9.73 Å². The highest BCUT2D eigenvalue weighted by atomic mass is 19.1. The molecule has 0 saturated heterocycles. The first-order valence-electron chi connectivity index (χ1n) is 5.84. The third kappa shape index (κ3) is 2.14. The molecule has 2 unspecified atom stereocenters. The highest BCUT2D eigenvalue weighted by Gasteiger charge is 2.45. The lowest BCUT2D eigenvalue weighted by Gasteiger charge is -2.04. The Labute approximate surface area is 104 Å². The SMILES string of the molecule is O=C(Nc1ccc(F)cc1)C1CC1c1ccco1. The van der Waals surface area contributed by atoms with Gasteiger partial charge in [0.15, 0.2) is 0 Å². The lowest BCUT2D eigenvalue weighted by molar-refractivity contribution is -0.117. The van der Waals surface area contributed by atoms with Crippen LogP contribution in [0.25, 0.3) is 0 Å². The number of anilines is 1. The summed E-state index contributed by atoms with van der Waals surface area (Å²) in [5, 5.41) is 2.78. The number of amides is 1. The molecule has 1 aliphatic rings. The summed E-state index contributed by atoms with van der Waals surface area (Å²) in [6, 6.07) is 9.46. The zero-order chi connectivity index (χ0) is 12.5. The van der Waals surface area contributed by atoms with Crippen LogP contribution in [0.4, 0.5) is 10.1 Å². The molecule has 18 heavy (non-hydrogen) atoms. The molecular formula is C14H12FNO2. The summed E-state index contributed by atoms with van der Waals surface area (Å²) >= 11 is 0. The largest absolute Gasteiger partial charge is 0.469 e. The van der Waals surface area contributed by atoms with Gasteiger partial charge in [0, 0.05) is 17.5 Å². The second-order valence-electron chi connectivity index (χ2n) is 4.46. The maximum atomic E-state index is 12.7. The monoisotopic (exact) mass is 245 g/mol. The molecule has 92 valence electrons. The summed E-state index contributed by atoms with van der Waals surface area (Å²) < 4.78 is 18.0. The van der Waals surface area contributed by atoms with Crippen LogP contribution < -0.4 is 5.32 Å². The molecule has 2 aromatic rings. The van der Waals surface area contributed by atoms with Crippen LogP contribution in [-0.2, 0) is 4.79 Å². The van der Waals surface area contributed by atoms with Crippen LogP contribution in [0.1, 0.15) is 18.1 Å². The number of rotatable bonds is 3. The van der Waals surface area contributed by atoms with Crippen molar-refractivity contribution >= 4 is 11.6 Å². The van der Waals surface area contributed by atoms with Gasteiger partial charge in [-0.05, 0) is 42.8 Å². The molecule has 1 amide bonds. The van der Waals surface area contributed by atoms with Gasteiger partial charge in [-0.25, -0.2) is 4.39 Å². The topological polar surface area (TPSA) is 42.2 Å². The van der Waals surface area contributed by atoms with E-state index in [2.05, 4.69) is 5.32 Å². The zero-order valence-corrected chi connectivity index (χ0v) is 9.60. The number of carbonyl (C=O) groups is 1. The molecule has 0 bridgehead atoms. The Balaban J connectivity index is 1.62. The van der Waals surface area contributed by atoms with Crippen LogP contribution in [0.3, 0.4) is 0 Å². The molecular weight excluding hydrogens is 233 g/mol. The van der Waals surface area contributed by atoms with E-state index in [0.29, 0.717) is 5.69 Å². The lowest BCUT2D eigenvalue weighted by Crippen LogP contribution is -2.14. The van der Waals surface area contributed by atoms with Gasteiger partial charge in [-0.3, -0.25) is 4.79 Å². The van der Waals surface area contributed by atoms with E-state index in [1.165, 1.54) is 12.1 Å². The average Bonchev–Trinajstić information content (AvgIpc) is 2.99. The van der Waals surface area contributed by atoms with E-state index in [-0.39, 0.29) is 23.6 Å². The Morgan fingerprint density at radius 3 is 2.72 bits per heavy atom. The van der Waals surface area contributed by atoms with Crippen molar-refractivity contribution in [1.82, 2.24) is 0 Å². The minimum atomic E-state index is -0.312. The minimum Gasteiger partial charge on any atom is -0.469 e. The standard InChI is InChI=1S/C14H12FNO2/c15-9-3-5-10(6-4-9)16-14(17)12-8-11(12)13-2-1-7-18-13/h1-7,11-12H,8H2,(H,16,17). The molecule has 4 heteroatoms. The van der Waals surface area contributed by atoms with Gasteiger partial charge in [-0.15, -0.1) is 0 Å². The molecule has 2 atom stereocenters. The highest BCUT2D eigenvalue weighted by molar-refractivity contribution is 5.95. The maximum absolute atomic E-state index is 12.7. The third-order valence-corrected chi connectivity index (χ3v) is 3.15. The summed E-state index contributed by atoms with van der Waals surface area (Å²) in [5.74, 6) is 0.645. The minimum absolute atomic E-state index is 0.0389. The number of halogens is 1. The van der Waals surface area contributed by atoms with Gasteiger partial charge in [0.25, 0.3) is 0 Å². The van der Waals surface area contributed by atoms with Gasteiger partial charge in [0.05, 0.1) is 6.26 Å². The quantitative estimate of drug-likeness (QED) is 0.902. The Hall–Kier alpha value is -2.10. The molecule has 1 aliphatic carbocycles. The van der Waals surface area contributed by atoms with Crippen molar-refractivity contribution in [3.8, 4) is 0 Å². The Morgan fingerprint density at radius 2 is 2.06 bits per heavy atom. The van der Waals surface area contributed by atoms with E-state index >= 15 is 0 Å². The number of hydrogen-bond donors (Lipinski definition) is 1. The highest BCUT2D eigenvalue weighted by Crippen LogP contribution is 2.48. The summed E-state index contributed by atoms with van der Waals surface area (Å²) in [4.78, 5) is 11.9. The maximum Gasteiger partial charge on any atom is 0.228 e. The van der Waals surface area contributed by atoms with Crippen LogP contribution >= 0.6 is 0 Å². The predicted molar refractivity (Wildman–Crippen MR) is 64.6 cm³/mol. The van der Waals surface area contributed by atoms with E-state index in [1.807, 2.05) is 12.1 Å². The Morgan fingerprint density at radius 1 is 1.28 bits per heavy atom. The Kier molecular flexibility index (Phi) is 2.63. The molecule has 0 aliphatic heterocycles. The average molecular weight is 245 g/mol. The molecule has 1 aromatic carbocycles. The molecule has 1 fully saturated rings. The summed E-state index contributed by atoms with van der Waals surface area (Å²) in [6.45, 7) is 0. The molecule has 0 radical (unpaired) electrons. The van der Waals surface area contributed by atoms with E-state index in [1.54, 1.807) is 18.4 Å².